The number of amides is 1. The first-order valence-electron chi connectivity index (χ1n) is 12.8. The van der Waals surface area contributed by atoms with Gasteiger partial charge in [-0.2, -0.15) is 5.26 Å². The Morgan fingerprint density at radius 3 is 2.17 bits per heavy atom. The van der Waals surface area contributed by atoms with Crippen molar-refractivity contribution in [3.8, 4) is 6.07 Å². The van der Waals surface area contributed by atoms with E-state index in [9.17, 15) is 14.9 Å². The number of aryl methyl sites for hydroxylation is 2. The summed E-state index contributed by atoms with van der Waals surface area (Å²) in [5.41, 5.74) is 3.48. The molecule has 0 spiro atoms. The lowest BCUT2D eigenvalue weighted by Gasteiger charge is -2.55. The lowest BCUT2D eigenvalue weighted by molar-refractivity contribution is -0.965. The number of benzene rings is 2. The molecule has 2 aromatic carbocycles. The van der Waals surface area contributed by atoms with Crippen molar-refractivity contribution in [1.29, 1.82) is 5.26 Å². The second-order valence-corrected chi connectivity index (χ2v) is 10.2. The monoisotopic (exact) mass is 474 g/mol. The van der Waals surface area contributed by atoms with Gasteiger partial charge in [0, 0.05) is 18.5 Å². The second kappa shape index (κ2) is 10.6. The minimum atomic E-state index is -0.622. The molecule has 0 atom stereocenters. The van der Waals surface area contributed by atoms with Gasteiger partial charge >= 0.3 is 5.97 Å². The van der Waals surface area contributed by atoms with Gasteiger partial charge in [0.2, 0.25) is 0 Å². The van der Waals surface area contributed by atoms with Gasteiger partial charge in [-0.05, 0) is 74.8 Å². The molecule has 0 aromatic heterocycles. The summed E-state index contributed by atoms with van der Waals surface area (Å²) < 4.78 is 6.19. The largest absolute Gasteiger partial charge is 0.457 e. The van der Waals surface area contributed by atoms with Crippen LogP contribution in [0.3, 0.4) is 0 Å². The van der Waals surface area contributed by atoms with E-state index in [-0.39, 0.29) is 25.0 Å². The number of anilines is 1. The molecule has 1 aliphatic heterocycles. The maximum atomic E-state index is 14.0. The number of ether oxygens (including phenoxy) is 1. The zero-order chi connectivity index (χ0) is 24.9. The van der Waals surface area contributed by atoms with Gasteiger partial charge < -0.3 is 14.5 Å². The molecule has 6 heteroatoms. The molecule has 4 rings (SSSR count). The lowest BCUT2D eigenvalue weighted by Crippen LogP contribution is -2.74. The summed E-state index contributed by atoms with van der Waals surface area (Å²) in [6, 6.07) is 15.5. The van der Waals surface area contributed by atoms with Crippen LogP contribution in [0.15, 0.2) is 42.5 Å². The quantitative estimate of drug-likeness (QED) is 0.443. The molecule has 184 valence electrons. The van der Waals surface area contributed by atoms with Crippen LogP contribution in [0.1, 0.15) is 67.2 Å². The van der Waals surface area contributed by atoms with Gasteiger partial charge in [-0.1, -0.05) is 30.3 Å². The van der Waals surface area contributed by atoms with Crippen LogP contribution in [0.5, 0.6) is 0 Å². The number of likely N-dealkylation sites (tertiary alicyclic amines) is 1. The Balaban J connectivity index is 1.58. The number of esters is 1. The van der Waals surface area contributed by atoms with Crippen molar-refractivity contribution in [3.63, 3.8) is 0 Å². The Kier molecular flexibility index (Phi) is 7.57. The highest BCUT2D eigenvalue weighted by Gasteiger charge is 2.61. The summed E-state index contributed by atoms with van der Waals surface area (Å²) in [5, 5.41) is 12.5. The molecule has 1 amide bonds. The van der Waals surface area contributed by atoms with Crippen molar-refractivity contribution in [3.05, 3.63) is 64.7 Å². The normalized spacial score (nSPS) is 18.4. The average Bonchev–Trinajstić information content (AvgIpc) is 3.06. The standard InChI is InChI=1S/C29H35N3O3/c1-22-17-25(19-30)18-23(2)27(22)31-28(34)29(13-10-14-29)32(15-8-3-4-9-16-32)20-26(33)35-21-24-11-6-5-7-12-24/h5-7,11-12,17-18H,3-4,8-10,13-16,20-21H2,1-2H3/p+1. The van der Waals surface area contributed by atoms with E-state index in [4.69, 9.17) is 4.74 Å². The van der Waals surface area contributed by atoms with Crippen LogP contribution in [0.2, 0.25) is 0 Å². The van der Waals surface area contributed by atoms with E-state index < -0.39 is 5.54 Å². The molecule has 35 heavy (non-hydrogen) atoms. The maximum absolute atomic E-state index is 14.0. The van der Waals surface area contributed by atoms with E-state index in [1.807, 2.05) is 56.3 Å². The topological polar surface area (TPSA) is 79.2 Å². The summed E-state index contributed by atoms with van der Waals surface area (Å²) in [7, 11) is 0. The number of carbonyl (C=O) groups excluding carboxylic acids is 2. The van der Waals surface area contributed by atoms with Crippen LogP contribution in [0.25, 0.3) is 0 Å². The van der Waals surface area contributed by atoms with Gasteiger partial charge in [0.15, 0.2) is 12.1 Å². The number of hydrogen-bond acceptors (Lipinski definition) is 4. The summed E-state index contributed by atoms with van der Waals surface area (Å²) in [5.74, 6) is -0.238. The highest BCUT2D eigenvalue weighted by molar-refractivity contribution is 5.99. The van der Waals surface area contributed by atoms with Crippen LogP contribution in [-0.4, -0.2) is 41.5 Å². The number of nitrogens with zero attached hydrogens (tertiary/aromatic N) is 2. The maximum Gasteiger partial charge on any atom is 0.362 e. The molecule has 2 fully saturated rings. The highest BCUT2D eigenvalue weighted by atomic mass is 16.5. The number of hydrogen-bond donors (Lipinski definition) is 1. The summed E-state index contributed by atoms with van der Waals surface area (Å²) in [4.78, 5) is 27.2. The Labute approximate surface area is 208 Å². The third kappa shape index (κ3) is 5.11. The molecule has 0 radical (unpaired) electrons. The summed E-state index contributed by atoms with van der Waals surface area (Å²) in [6.45, 7) is 5.97. The molecule has 1 aliphatic carbocycles. The predicted octanol–water partition coefficient (Wildman–Crippen LogP) is 5.17. The molecular weight excluding hydrogens is 438 g/mol. The van der Waals surface area contributed by atoms with Crippen LogP contribution in [0.4, 0.5) is 5.69 Å². The molecule has 6 nitrogen and oxygen atoms in total. The Morgan fingerprint density at radius 2 is 1.63 bits per heavy atom. The van der Waals surface area contributed by atoms with Gasteiger partial charge in [-0.15, -0.1) is 0 Å². The van der Waals surface area contributed by atoms with Crippen molar-refractivity contribution in [2.24, 2.45) is 0 Å². The zero-order valence-electron chi connectivity index (χ0n) is 20.9. The molecule has 0 unspecified atom stereocenters. The van der Waals surface area contributed by atoms with E-state index >= 15 is 0 Å². The predicted molar refractivity (Wildman–Crippen MR) is 135 cm³/mol. The molecule has 1 heterocycles. The van der Waals surface area contributed by atoms with E-state index in [1.54, 1.807) is 0 Å². The molecule has 2 aliphatic rings. The molecule has 0 bridgehead atoms. The minimum absolute atomic E-state index is 0.00239. The molecule has 2 aromatic rings. The first kappa shape index (κ1) is 24.9. The van der Waals surface area contributed by atoms with Crippen LogP contribution < -0.4 is 5.32 Å². The van der Waals surface area contributed by atoms with Crippen LogP contribution >= 0.6 is 0 Å². The van der Waals surface area contributed by atoms with Gasteiger partial charge in [0.25, 0.3) is 5.91 Å². The van der Waals surface area contributed by atoms with Crippen molar-refractivity contribution in [2.75, 3.05) is 25.0 Å². The van der Waals surface area contributed by atoms with Gasteiger partial charge in [-0.3, -0.25) is 4.79 Å². The number of rotatable bonds is 7. The number of nitrogens with one attached hydrogen (secondary N) is 1. The fraction of sp³-hybridized carbons (Fsp3) is 0.483. The molecule has 1 saturated carbocycles. The van der Waals surface area contributed by atoms with Crippen LogP contribution in [0, 0.1) is 25.2 Å². The van der Waals surface area contributed by atoms with Gasteiger partial charge in [0.1, 0.15) is 6.61 Å². The first-order valence-corrected chi connectivity index (χ1v) is 12.8. The van der Waals surface area contributed by atoms with Crippen molar-refractivity contribution < 1.29 is 18.8 Å². The number of quaternary nitrogens is 1. The Morgan fingerprint density at radius 1 is 1.00 bits per heavy atom. The van der Waals surface area contributed by atoms with E-state index in [2.05, 4.69) is 11.4 Å². The SMILES string of the molecule is Cc1cc(C#N)cc(C)c1NC(=O)C1([N+]2(CC(=O)OCc3ccccc3)CCCCCC2)CCC1. The van der Waals surface area contributed by atoms with E-state index in [1.165, 1.54) is 0 Å². The fourth-order valence-electron chi connectivity index (χ4n) is 5.95. The fourth-order valence-corrected chi connectivity index (χ4v) is 5.95. The third-order valence-electron chi connectivity index (χ3n) is 8.01. The number of nitriles is 1. The average molecular weight is 475 g/mol. The molecular formula is C29H36N3O3+. The lowest BCUT2D eigenvalue weighted by atomic mass is 9.71. The van der Waals surface area contributed by atoms with E-state index in [0.29, 0.717) is 10.0 Å². The molecule has 1 N–H and O–H groups in total. The number of carbonyl (C=O) groups is 2. The zero-order valence-corrected chi connectivity index (χ0v) is 20.9. The van der Waals surface area contributed by atoms with Crippen LogP contribution in [-0.2, 0) is 20.9 Å². The molecule has 1 saturated heterocycles. The third-order valence-corrected chi connectivity index (χ3v) is 8.01. The van der Waals surface area contributed by atoms with Crippen molar-refractivity contribution in [1.82, 2.24) is 0 Å². The van der Waals surface area contributed by atoms with Gasteiger partial charge in [-0.25, -0.2) is 4.79 Å². The second-order valence-electron chi connectivity index (χ2n) is 10.2. The Hall–Kier alpha value is -3.17. The smallest absolute Gasteiger partial charge is 0.362 e. The van der Waals surface area contributed by atoms with Crippen molar-refractivity contribution >= 4 is 17.6 Å². The summed E-state index contributed by atoms with van der Waals surface area (Å²) in [6.07, 6.45) is 6.82. The highest BCUT2D eigenvalue weighted by Crippen LogP contribution is 2.46. The first-order chi connectivity index (χ1) is 16.9. The van der Waals surface area contributed by atoms with E-state index in [0.717, 1.165) is 80.4 Å². The Bertz CT molecular complexity index is 1080. The van der Waals surface area contributed by atoms with Gasteiger partial charge in [0.05, 0.1) is 24.7 Å². The summed E-state index contributed by atoms with van der Waals surface area (Å²) >= 11 is 0. The van der Waals surface area contributed by atoms with Crippen molar-refractivity contribution in [2.45, 2.75) is 70.9 Å². The minimum Gasteiger partial charge on any atom is -0.457 e.